The van der Waals surface area contributed by atoms with Crippen LogP contribution in [0.3, 0.4) is 0 Å². The van der Waals surface area contributed by atoms with Crippen molar-refractivity contribution in [1.29, 1.82) is 5.26 Å². The minimum absolute atomic E-state index is 0.234. The van der Waals surface area contributed by atoms with Crippen LogP contribution in [0.5, 0.6) is 0 Å². The van der Waals surface area contributed by atoms with E-state index in [1.165, 1.54) is 14.2 Å². The predicted molar refractivity (Wildman–Crippen MR) is 37.1 cm³/mol. The van der Waals surface area contributed by atoms with Gasteiger partial charge in [-0.2, -0.15) is 5.26 Å². The smallest absolute Gasteiger partial charge is 0.266 e. The molecule has 0 aromatic rings. The molecule has 0 spiro atoms. The maximum absolute atomic E-state index is 11.3. The van der Waals surface area contributed by atoms with Gasteiger partial charge in [0.15, 0.2) is 0 Å². The zero-order valence-electron chi connectivity index (χ0n) is 6.63. The van der Waals surface area contributed by atoms with E-state index < -0.39 is 5.41 Å². The van der Waals surface area contributed by atoms with E-state index in [1.54, 1.807) is 0 Å². The number of hydrogen-bond donors (Lipinski definition) is 0. The van der Waals surface area contributed by atoms with Crippen molar-refractivity contribution in [2.45, 2.75) is 12.8 Å². The third-order valence-corrected chi connectivity index (χ3v) is 1.93. The van der Waals surface area contributed by atoms with Crippen molar-refractivity contribution in [3.63, 3.8) is 0 Å². The molecule has 0 bridgehead atoms. The average Bonchev–Trinajstić information content (AvgIpc) is 2.82. The first-order chi connectivity index (χ1) is 5.16. The lowest BCUT2D eigenvalue weighted by atomic mass is 10.1. The van der Waals surface area contributed by atoms with Crippen molar-refractivity contribution in [2.24, 2.45) is 5.41 Å². The Morgan fingerprint density at radius 1 is 1.73 bits per heavy atom. The molecule has 0 aliphatic heterocycles. The number of carbonyl (C=O) groups is 1. The van der Waals surface area contributed by atoms with Crippen molar-refractivity contribution in [3.8, 4) is 6.07 Å². The summed E-state index contributed by atoms with van der Waals surface area (Å²) in [6.45, 7) is 0. The fourth-order valence-electron chi connectivity index (χ4n) is 0.883. The van der Waals surface area contributed by atoms with Gasteiger partial charge in [-0.25, -0.2) is 5.06 Å². The van der Waals surface area contributed by atoms with E-state index >= 15 is 0 Å². The summed E-state index contributed by atoms with van der Waals surface area (Å²) in [6.07, 6.45) is 1.33. The number of amides is 1. The van der Waals surface area contributed by atoms with Gasteiger partial charge in [-0.1, -0.05) is 0 Å². The van der Waals surface area contributed by atoms with Crippen LogP contribution < -0.4 is 0 Å². The molecular formula is C7H10N2O2. The molecule has 1 fully saturated rings. The molecule has 1 amide bonds. The summed E-state index contributed by atoms with van der Waals surface area (Å²) in [5.41, 5.74) is -0.759. The molecule has 11 heavy (non-hydrogen) atoms. The summed E-state index contributed by atoms with van der Waals surface area (Å²) in [4.78, 5) is 15.9. The Labute approximate surface area is 65.3 Å². The first kappa shape index (κ1) is 8.02. The second-order valence-corrected chi connectivity index (χ2v) is 2.68. The Morgan fingerprint density at radius 3 is 2.55 bits per heavy atom. The van der Waals surface area contributed by atoms with Gasteiger partial charge in [0.1, 0.15) is 5.41 Å². The van der Waals surface area contributed by atoms with Crippen LogP contribution >= 0.6 is 0 Å². The number of nitrogens with zero attached hydrogens (tertiary/aromatic N) is 2. The van der Waals surface area contributed by atoms with E-state index in [0.29, 0.717) is 12.8 Å². The third kappa shape index (κ3) is 1.19. The molecule has 0 aromatic heterocycles. The SMILES string of the molecule is CON(C)C(=O)C1(C#N)CC1. The van der Waals surface area contributed by atoms with Crippen LogP contribution in [-0.4, -0.2) is 25.1 Å². The maximum atomic E-state index is 11.3. The van der Waals surface area contributed by atoms with Gasteiger partial charge in [0.25, 0.3) is 5.91 Å². The van der Waals surface area contributed by atoms with Crippen LogP contribution in [0.15, 0.2) is 0 Å². The number of hydrogen-bond acceptors (Lipinski definition) is 3. The van der Waals surface area contributed by atoms with E-state index in [9.17, 15) is 4.79 Å². The highest BCUT2D eigenvalue weighted by Crippen LogP contribution is 2.46. The molecular weight excluding hydrogens is 144 g/mol. The van der Waals surface area contributed by atoms with Crippen molar-refractivity contribution in [1.82, 2.24) is 5.06 Å². The molecule has 60 valence electrons. The summed E-state index contributed by atoms with van der Waals surface area (Å²) in [5, 5.41) is 9.73. The van der Waals surface area contributed by atoms with Crippen molar-refractivity contribution in [2.75, 3.05) is 14.2 Å². The minimum atomic E-state index is -0.759. The quantitative estimate of drug-likeness (QED) is 0.538. The van der Waals surface area contributed by atoms with E-state index in [-0.39, 0.29) is 5.91 Å². The van der Waals surface area contributed by atoms with Crippen molar-refractivity contribution >= 4 is 5.91 Å². The molecule has 0 saturated heterocycles. The van der Waals surface area contributed by atoms with Crippen LogP contribution in [-0.2, 0) is 9.63 Å². The monoisotopic (exact) mass is 154 g/mol. The van der Waals surface area contributed by atoms with Crippen molar-refractivity contribution < 1.29 is 9.63 Å². The molecule has 1 aliphatic rings. The van der Waals surface area contributed by atoms with Crippen LogP contribution in [0.25, 0.3) is 0 Å². The molecule has 1 saturated carbocycles. The molecule has 0 atom stereocenters. The Hall–Kier alpha value is -1.08. The first-order valence-corrected chi connectivity index (χ1v) is 3.40. The Balaban J connectivity index is 2.63. The molecule has 0 radical (unpaired) electrons. The highest BCUT2D eigenvalue weighted by Gasteiger charge is 2.52. The lowest BCUT2D eigenvalue weighted by Gasteiger charge is -2.15. The van der Waals surface area contributed by atoms with Gasteiger partial charge in [0, 0.05) is 7.05 Å². The normalized spacial score (nSPS) is 18.6. The van der Waals surface area contributed by atoms with Crippen LogP contribution in [0.1, 0.15) is 12.8 Å². The van der Waals surface area contributed by atoms with E-state index in [2.05, 4.69) is 4.84 Å². The highest BCUT2D eigenvalue weighted by molar-refractivity contribution is 5.87. The van der Waals surface area contributed by atoms with Gasteiger partial charge in [-0.15, -0.1) is 0 Å². The number of hydroxylamine groups is 2. The van der Waals surface area contributed by atoms with E-state index in [4.69, 9.17) is 5.26 Å². The van der Waals surface area contributed by atoms with Gasteiger partial charge in [-0.3, -0.25) is 9.63 Å². The highest BCUT2D eigenvalue weighted by atomic mass is 16.7. The fraction of sp³-hybridized carbons (Fsp3) is 0.714. The summed E-state index contributed by atoms with van der Waals surface area (Å²) in [5.74, 6) is -0.234. The summed E-state index contributed by atoms with van der Waals surface area (Å²) < 4.78 is 0. The zero-order chi connectivity index (χ0) is 8.48. The van der Waals surface area contributed by atoms with Crippen LogP contribution in [0.4, 0.5) is 0 Å². The molecule has 0 unspecified atom stereocenters. The van der Waals surface area contributed by atoms with Gasteiger partial charge in [0.2, 0.25) is 0 Å². The number of rotatable bonds is 2. The Bertz CT molecular complexity index is 215. The van der Waals surface area contributed by atoms with E-state index in [0.717, 1.165) is 5.06 Å². The maximum Gasteiger partial charge on any atom is 0.266 e. The van der Waals surface area contributed by atoms with E-state index in [1.807, 2.05) is 6.07 Å². The minimum Gasteiger partial charge on any atom is -0.275 e. The topological polar surface area (TPSA) is 53.3 Å². The standard InChI is InChI=1S/C7H10N2O2/c1-9(11-2)6(10)7(5-8)3-4-7/h3-4H2,1-2H3. The van der Waals surface area contributed by atoms with Gasteiger partial charge in [-0.05, 0) is 12.8 Å². The molecule has 4 nitrogen and oxygen atoms in total. The third-order valence-electron chi connectivity index (χ3n) is 1.93. The number of carbonyl (C=O) groups excluding carboxylic acids is 1. The van der Waals surface area contributed by atoms with Gasteiger partial charge >= 0.3 is 0 Å². The second kappa shape index (κ2) is 2.51. The fourth-order valence-corrected chi connectivity index (χ4v) is 0.883. The van der Waals surface area contributed by atoms with Gasteiger partial charge < -0.3 is 0 Å². The van der Waals surface area contributed by atoms with Crippen LogP contribution in [0.2, 0.25) is 0 Å². The molecule has 4 heteroatoms. The molecule has 0 N–H and O–H groups in total. The van der Waals surface area contributed by atoms with Gasteiger partial charge in [0.05, 0.1) is 13.2 Å². The summed E-state index contributed by atoms with van der Waals surface area (Å²) >= 11 is 0. The molecule has 1 rings (SSSR count). The second-order valence-electron chi connectivity index (χ2n) is 2.68. The Kier molecular flexibility index (Phi) is 1.83. The number of nitriles is 1. The summed E-state index contributed by atoms with van der Waals surface area (Å²) in [6, 6.07) is 2.00. The largest absolute Gasteiger partial charge is 0.275 e. The summed E-state index contributed by atoms with van der Waals surface area (Å²) in [7, 11) is 2.92. The van der Waals surface area contributed by atoms with Crippen LogP contribution in [0, 0.1) is 16.7 Å². The average molecular weight is 154 g/mol. The molecule has 0 aromatic carbocycles. The molecule has 1 aliphatic carbocycles. The molecule has 0 heterocycles. The van der Waals surface area contributed by atoms with Crippen molar-refractivity contribution in [3.05, 3.63) is 0 Å². The Morgan fingerprint density at radius 2 is 2.27 bits per heavy atom. The zero-order valence-corrected chi connectivity index (χ0v) is 6.63. The predicted octanol–water partition coefficient (Wildman–Crippen LogP) is 0.310. The first-order valence-electron chi connectivity index (χ1n) is 3.40. The lowest BCUT2D eigenvalue weighted by molar-refractivity contribution is -0.172. The lowest BCUT2D eigenvalue weighted by Crippen LogP contribution is -2.32.